The molecule has 0 saturated carbocycles. The Balaban J connectivity index is 0.00000145. The molecule has 0 bridgehead atoms. The highest BCUT2D eigenvalue weighted by atomic mass is 32.2. The lowest BCUT2D eigenvalue weighted by atomic mass is 9.95. The highest BCUT2D eigenvalue weighted by molar-refractivity contribution is 8.07. The van der Waals surface area contributed by atoms with Crippen LogP contribution in [0.3, 0.4) is 0 Å². The van der Waals surface area contributed by atoms with Gasteiger partial charge in [0.05, 0.1) is 0 Å². The fraction of sp³-hybridized carbons (Fsp3) is 0.185. The molecule has 0 spiro atoms. The van der Waals surface area contributed by atoms with Gasteiger partial charge in [-0.05, 0) is 100 Å². The van der Waals surface area contributed by atoms with Crippen LogP contribution in [0.25, 0.3) is 31.4 Å². The number of benzene rings is 3. The average Bonchev–Trinajstić information content (AvgIpc) is 2.71. The molecular formula is C27H30S2. The number of aryl methyl sites for hydroxylation is 2. The predicted octanol–water partition coefficient (Wildman–Crippen LogP) is 8.98. The van der Waals surface area contributed by atoms with Gasteiger partial charge in [-0.15, -0.1) is 24.4 Å². The summed E-state index contributed by atoms with van der Waals surface area (Å²) < 4.78 is 0. The zero-order chi connectivity index (χ0) is 21.6. The average molecular weight is 419 g/mol. The summed E-state index contributed by atoms with van der Waals surface area (Å²) in [6, 6.07) is 13.6. The molecule has 0 aliphatic carbocycles. The summed E-state index contributed by atoms with van der Waals surface area (Å²) >= 11 is 6.38. The third-order valence-electron chi connectivity index (χ3n) is 4.79. The van der Waals surface area contributed by atoms with Crippen LogP contribution in [0.15, 0.2) is 73.9 Å². The van der Waals surface area contributed by atoms with Gasteiger partial charge >= 0.3 is 0 Å². The number of hydrogen-bond acceptors (Lipinski definition) is 2. The molecule has 0 aliphatic heterocycles. The highest BCUT2D eigenvalue weighted by Gasteiger charge is 2.09. The predicted molar refractivity (Wildman–Crippen MR) is 141 cm³/mol. The standard InChI is InChI=1S/C25H24S2.C2H6/c1-6-8-24(26)22-14-20-12-19-11-17(4)23(25(27-5)9-7-2)15-21(19)13-18(20)10-16(22)3;1-2/h6-15,26H,1-2H2,3-5H3;1-2H3/b24-8-,25-9-;. The molecule has 29 heavy (non-hydrogen) atoms. The Bertz CT molecular complexity index is 1110. The van der Waals surface area contributed by atoms with Gasteiger partial charge < -0.3 is 0 Å². The first-order valence-electron chi connectivity index (χ1n) is 9.86. The number of thioether (sulfide) groups is 1. The van der Waals surface area contributed by atoms with Gasteiger partial charge in [0.15, 0.2) is 0 Å². The van der Waals surface area contributed by atoms with Crippen LogP contribution in [0.2, 0.25) is 0 Å². The zero-order valence-corrected chi connectivity index (χ0v) is 19.8. The maximum Gasteiger partial charge on any atom is 0.0144 e. The Morgan fingerprint density at radius 3 is 1.69 bits per heavy atom. The van der Waals surface area contributed by atoms with Crippen molar-refractivity contribution in [2.75, 3.05) is 6.26 Å². The van der Waals surface area contributed by atoms with Crippen molar-refractivity contribution < 1.29 is 0 Å². The Hall–Kier alpha value is -2.16. The highest BCUT2D eigenvalue weighted by Crippen LogP contribution is 2.34. The van der Waals surface area contributed by atoms with Gasteiger partial charge in [0, 0.05) is 9.81 Å². The monoisotopic (exact) mass is 418 g/mol. The van der Waals surface area contributed by atoms with E-state index in [9.17, 15) is 0 Å². The number of hydrogen-bond donors (Lipinski definition) is 1. The second kappa shape index (κ2) is 10.6. The molecule has 3 rings (SSSR count). The quantitative estimate of drug-likeness (QED) is 0.245. The molecule has 150 valence electrons. The van der Waals surface area contributed by atoms with E-state index in [1.165, 1.54) is 43.1 Å². The van der Waals surface area contributed by atoms with Crippen LogP contribution in [-0.2, 0) is 0 Å². The van der Waals surface area contributed by atoms with Crippen LogP contribution < -0.4 is 0 Å². The first-order chi connectivity index (χ1) is 14.0. The van der Waals surface area contributed by atoms with E-state index in [-0.39, 0.29) is 0 Å². The summed E-state index contributed by atoms with van der Waals surface area (Å²) in [7, 11) is 0. The van der Waals surface area contributed by atoms with Gasteiger partial charge in [-0.3, -0.25) is 0 Å². The summed E-state index contributed by atoms with van der Waals surface area (Å²) in [5.41, 5.74) is 4.91. The summed E-state index contributed by atoms with van der Waals surface area (Å²) in [5, 5.41) is 4.99. The lowest BCUT2D eigenvalue weighted by Gasteiger charge is -2.13. The Morgan fingerprint density at radius 2 is 1.21 bits per heavy atom. The minimum atomic E-state index is 0.940. The minimum Gasteiger partial charge on any atom is -0.143 e. The molecule has 0 fully saturated rings. The molecule has 0 heterocycles. The third-order valence-corrected chi connectivity index (χ3v) is 5.97. The van der Waals surface area contributed by atoms with Crippen LogP contribution in [-0.4, -0.2) is 6.26 Å². The van der Waals surface area contributed by atoms with Gasteiger partial charge in [0.2, 0.25) is 0 Å². The molecule has 2 heteroatoms. The van der Waals surface area contributed by atoms with Crippen molar-refractivity contribution >= 4 is 55.7 Å². The molecule has 0 aromatic heterocycles. The lowest BCUT2D eigenvalue weighted by molar-refractivity contribution is 1.46. The molecule has 3 aromatic carbocycles. The summed E-state index contributed by atoms with van der Waals surface area (Å²) in [5.74, 6) is 0. The number of rotatable bonds is 5. The minimum absolute atomic E-state index is 0.940. The van der Waals surface area contributed by atoms with Crippen LogP contribution >= 0.6 is 24.4 Å². The van der Waals surface area contributed by atoms with E-state index in [0.717, 1.165) is 10.5 Å². The second-order valence-corrected chi connectivity index (χ2v) is 7.97. The van der Waals surface area contributed by atoms with E-state index < -0.39 is 0 Å². The fourth-order valence-corrected chi connectivity index (χ4v) is 4.47. The maximum atomic E-state index is 4.62. The summed E-state index contributed by atoms with van der Waals surface area (Å²) in [6.07, 6.45) is 9.75. The number of thiol groups is 1. The Kier molecular flexibility index (Phi) is 8.43. The lowest BCUT2D eigenvalue weighted by Crippen LogP contribution is -1.89. The zero-order valence-electron chi connectivity index (χ0n) is 18.0. The molecule has 0 saturated heterocycles. The van der Waals surface area contributed by atoms with Crippen molar-refractivity contribution in [3.63, 3.8) is 0 Å². The molecule has 0 nitrogen and oxygen atoms in total. The molecule has 3 aromatic rings. The van der Waals surface area contributed by atoms with Crippen molar-refractivity contribution in [1.82, 2.24) is 0 Å². The molecular weight excluding hydrogens is 388 g/mol. The van der Waals surface area contributed by atoms with Gasteiger partial charge in [0.1, 0.15) is 0 Å². The number of fused-ring (bicyclic) bond motifs is 2. The molecule has 0 atom stereocenters. The first kappa shape index (κ1) is 23.1. The van der Waals surface area contributed by atoms with E-state index in [1.807, 2.05) is 26.0 Å². The Morgan fingerprint density at radius 1 is 0.759 bits per heavy atom. The molecule has 0 unspecified atom stereocenters. The van der Waals surface area contributed by atoms with Crippen LogP contribution in [0.5, 0.6) is 0 Å². The van der Waals surface area contributed by atoms with E-state index in [4.69, 9.17) is 0 Å². The van der Waals surface area contributed by atoms with Crippen LogP contribution in [0.1, 0.15) is 36.1 Å². The maximum absolute atomic E-state index is 4.62. The molecule has 0 amide bonds. The van der Waals surface area contributed by atoms with Crippen molar-refractivity contribution in [1.29, 1.82) is 0 Å². The van der Waals surface area contributed by atoms with Crippen LogP contribution in [0.4, 0.5) is 0 Å². The van der Waals surface area contributed by atoms with Gasteiger partial charge in [-0.2, -0.15) is 0 Å². The fourth-order valence-electron chi connectivity index (χ4n) is 3.45. The van der Waals surface area contributed by atoms with Gasteiger partial charge in [-0.1, -0.05) is 51.3 Å². The van der Waals surface area contributed by atoms with Crippen molar-refractivity contribution in [2.45, 2.75) is 27.7 Å². The summed E-state index contributed by atoms with van der Waals surface area (Å²) in [6.45, 7) is 15.9. The third kappa shape index (κ3) is 5.07. The van der Waals surface area contributed by atoms with E-state index in [0.29, 0.717) is 0 Å². The van der Waals surface area contributed by atoms with Crippen molar-refractivity contribution in [3.05, 3.63) is 96.1 Å². The van der Waals surface area contributed by atoms with Gasteiger partial charge in [0.25, 0.3) is 0 Å². The first-order valence-corrected chi connectivity index (χ1v) is 11.5. The normalized spacial score (nSPS) is 11.9. The summed E-state index contributed by atoms with van der Waals surface area (Å²) in [4.78, 5) is 2.18. The SMILES string of the molecule is C=C/C=C(\S)c1cc2cc3cc(C)c(/C(=C/C=C)SC)cc3cc2cc1C.CC. The Labute approximate surface area is 185 Å². The van der Waals surface area contributed by atoms with Crippen LogP contribution in [0, 0.1) is 13.8 Å². The second-order valence-electron chi connectivity index (χ2n) is 6.64. The van der Waals surface area contributed by atoms with E-state index >= 15 is 0 Å². The largest absolute Gasteiger partial charge is 0.143 e. The molecule has 0 radical (unpaired) electrons. The van der Waals surface area contributed by atoms with Gasteiger partial charge in [-0.25, -0.2) is 0 Å². The molecule has 0 N–H and O–H groups in total. The smallest absolute Gasteiger partial charge is 0.0144 e. The van der Waals surface area contributed by atoms with Crippen molar-refractivity contribution in [3.8, 4) is 0 Å². The topological polar surface area (TPSA) is 0 Å². The van der Waals surface area contributed by atoms with Crippen molar-refractivity contribution in [2.24, 2.45) is 0 Å². The number of allylic oxidation sites excluding steroid dienone is 4. The van der Waals surface area contributed by atoms with E-state index in [1.54, 1.807) is 17.8 Å². The molecule has 0 aliphatic rings. The van der Waals surface area contributed by atoms with E-state index in [2.05, 4.69) is 88.4 Å².